The van der Waals surface area contributed by atoms with Crippen molar-refractivity contribution in [2.45, 2.75) is 11.8 Å². The van der Waals surface area contributed by atoms with Gasteiger partial charge in [0.2, 0.25) is 0 Å². The van der Waals surface area contributed by atoms with E-state index < -0.39 is 22.5 Å². The van der Waals surface area contributed by atoms with Crippen LogP contribution in [0.25, 0.3) is 0 Å². The lowest BCUT2D eigenvalue weighted by Gasteiger charge is -2.26. The van der Waals surface area contributed by atoms with Gasteiger partial charge in [-0.1, -0.05) is 6.07 Å². The van der Waals surface area contributed by atoms with Gasteiger partial charge in [0, 0.05) is 6.07 Å². The maximum absolute atomic E-state index is 13.4. The van der Waals surface area contributed by atoms with Gasteiger partial charge in [0.1, 0.15) is 25.5 Å². The number of fused-ring (bicyclic) bond motifs is 1. The van der Waals surface area contributed by atoms with Crippen LogP contribution in [0.1, 0.15) is 5.56 Å². The summed E-state index contributed by atoms with van der Waals surface area (Å²) in [4.78, 5) is 11.9. The molecule has 0 bridgehead atoms. The molecule has 2 aromatic rings. The van der Waals surface area contributed by atoms with Crippen molar-refractivity contribution in [3.63, 3.8) is 0 Å². The van der Waals surface area contributed by atoms with E-state index in [9.17, 15) is 13.2 Å². The molecular weight excluding hydrogens is 386 g/mol. The van der Waals surface area contributed by atoms with Gasteiger partial charge in [0.15, 0.2) is 11.5 Å². The number of esters is 1. The van der Waals surface area contributed by atoms with Gasteiger partial charge in [-0.25, -0.2) is 8.42 Å². The van der Waals surface area contributed by atoms with E-state index in [4.69, 9.17) is 18.9 Å². The molecule has 0 radical (unpaired) electrons. The number of ether oxygens (including phenoxy) is 4. The van der Waals surface area contributed by atoms with Crippen LogP contribution < -0.4 is 18.5 Å². The summed E-state index contributed by atoms with van der Waals surface area (Å²) in [5.74, 6) is 0.416. The highest BCUT2D eigenvalue weighted by Crippen LogP contribution is 2.37. The standard InChI is InChI=1S/C19H21NO7S/c1-13-4-6-16(24-2)15(10-13)20(12-19(21)25-3)28(22,23)14-5-7-17-18(11-14)27-9-8-26-17/h4-7,10-11H,8-9,12H2,1-3H3. The van der Waals surface area contributed by atoms with Crippen LogP contribution in [0.2, 0.25) is 0 Å². The number of hydrogen-bond acceptors (Lipinski definition) is 7. The topological polar surface area (TPSA) is 91.4 Å². The minimum absolute atomic E-state index is 0.0378. The van der Waals surface area contributed by atoms with Gasteiger partial charge in [-0.2, -0.15) is 0 Å². The van der Waals surface area contributed by atoms with Crippen molar-refractivity contribution < 1.29 is 32.2 Å². The molecular formula is C19H21NO7S. The first-order chi connectivity index (χ1) is 13.4. The lowest BCUT2D eigenvalue weighted by atomic mass is 10.2. The van der Waals surface area contributed by atoms with Gasteiger partial charge in [-0.05, 0) is 36.8 Å². The molecule has 1 aliphatic rings. The summed E-state index contributed by atoms with van der Waals surface area (Å²) >= 11 is 0. The predicted octanol–water partition coefficient (Wildman–Crippen LogP) is 2.14. The summed E-state index contributed by atoms with van der Waals surface area (Å²) in [5.41, 5.74) is 1.05. The molecule has 0 unspecified atom stereocenters. The van der Waals surface area contributed by atoms with Crippen molar-refractivity contribution in [2.75, 3.05) is 38.3 Å². The Morgan fingerprint density at radius 2 is 1.79 bits per heavy atom. The zero-order chi connectivity index (χ0) is 20.3. The Hall–Kier alpha value is -2.94. The minimum Gasteiger partial charge on any atom is -0.495 e. The van der Waals surface area contributed by atoms with Crippen molar-refractivity contribution >= 4 is 21.7 Å². The third kappa shape index (κ3) is 3.84. The Labute approximate surface area is 163 Å². The van der Waals surface area contributed by atoms with Crippen LogP contribution in [0, 0.1) is 6.92 Å². The van der Waals surface area contributed by atoms with E-state index in [1.54, 1.807) is 18.2 Å². The zero-order valence-corrected chi connectivity index (χ0v) is 16.6. The molecule has 0 saturated heterocycles. The van der Waals surface area contributed by atoms with Crippen LogP contribution in [-0.2, 0) is 19.6 Å². The average Bonchev–Trinajstić information content (AvgIpc) is 2.71. The molecule has 0 amide bonds. The minimum atomic E-state index is -4.13. The average molecular weight is 407 g/mol. The normalized spacial score (nSPS) is 13.0. The van der Waals surface area contributed by atoms with Gasteiger partial charge in [-0.3, -0.25) is 9.10 Å². The second kappa shape index (κ2) is 7.97. The Kier molecular flexibility index (Phi) is 5.64. The maximum Gasteiger partial charge on any atom is 0.326 e. The first-order valence-electron chi connectivity index (χ1n) is 8.50. The predicted molar refractivity (Wildman–Crippen MR) is 102 cm³/mol. The Bertz CT molecular complexity index is 988. The molecule has 9 heteroatoms. The highest BCUT2D eigenvalue weighted by molar-refractivity contribution is 7.92. The first-order valence-corrected chi connectivity index (χ1v) is 9.94. The number of carbonyl (C=O) groups is 1. The fourth-order valence-electron chi connectivity index (χ4n) is 2.79. The number of carbonyl (C=O) groups excluding carboxylic acids is 1. The van der Waals surface area contributed by atoms with E-state index in [0.717, 1.165) is 9.87 Å². The molecule has 0 N–H and O–H groups in total. The molecule has 0 spiro atoms. The van der Waals surface area contributed by atoms with E-state index in [1.807, 2.05) is 6.92 Å². The van der Waals surface area contributed by atoms with Gasteiger partial charge >= 0.3 is 5.97 Å². The summed E-state index contributed by atoms with van der Waals surface area (Å²) in [5, 5.41) is 0. The van der Waals surface area contributed by atoms with Crippen molar-refractivity contribution in [1.82, 2.24) is 0 Å². The second-order valence-corrected chi connectivity index (χ2v) is 7.93. The third-order valence-electron chi connectivity index (χ3n) is 4.21. The van der Waals surface area contributed by atoms with Crippen molar-refractivity contribution in [3.05, 3.63) is 42.0 Å². The van der Waals surface area contributed by atoms with E-state index >= 15 is 0 Å². The van der Waals surface area contributed by atoms with Crippen molar-refractivity contribution in [2.24, 2.45) is 0 Å². The van der Waals surface area contributed by atoms with E-state index in [-0.39, 0.29) is 10.6 Å². The van der Waals surface area contributed by atoms with E-state index in [1.165, 1.54) is 32.4 Å². The van der Waals surface area contributed by atoms with Crippen molar-refractivity contribution in [1.29, 1.82) is 0 Å². The monoisotopic (exact) mass is 407 g/mol. The number of aryl methyl sites for hydroxylation is 1. The lowest BCUT2D eigenvalue weighted by molar-refractivity contribution is -0.138. The molecule has 0 saturated carbocycles. The zero-order valence-electron chi connectivity index (χ0n) is 15.8. The molecule has 8 nitrogen and oxygen atoms in total. The van der Waals surface area contributed by atoms with E-state index in [2.05, 4.69) is 0 Å². The second-order valence-electron chi connectivity index (χ2n) is 6.07. The maximum atomic E-state index is 13.4. The number of sulfonamides is 1. The van der Waals surface area contributed by atoms with Gasteiger partial charge in [0.05, 0.1) is 24.8 Å². The summed E-state index contributed by atoms with van der Waals surface area (Å²) < 4.78 is 48.7. The molecule has 3 rings (SSSR count). The smallest absolute Gasteiger partial charge is 0.326 e. The van der Waals surface area contributed by atoms with Crippen LogP contribution in [0.4, 0.5) is 5.69 Å². The number of anilines is 1. The molecule has 150 valence electrons. The molecule has 28 heavy (non-hydrogen) atoms. The molecule has 0 aliphatic carbocycles. The molecule has 1 heterocycles. The first kappa shape index (κ1) is 19.8. The summed E-state index contributed by atoms with van der Waals surface area (Å²) in [6.45, 7) is 2.03. The molecule has 1 aliphatic heterocycles. The summed E-state index contributed by atoms with van der Waals surface area (Å²) in [6, 6.07) is 9.40. The number of nitrogens with zero attached hydrogens (tertiary/aromatic N) is 1. The third-order valence-corrected chi connectivity index (χ3v) is 5.96. The number of hydrogen-bond donors (Lipinski definition) is 0. The molecule has 2 aromatic carbocycles. The fraction of sp³-hybridized carbons (Fsp3) is 0.316. The Morgan fingerprint density at radius 1 is 1.07 bits per heavy atom. The van der Waals surface area contributed by atoms with Crippen LogP contribution in [0.15, 0.2) is 41.3 Å². The number of methoxy groups -OCH3 is 2. The van der Waals surface area contributed by atoms with Crippen molar-refractivity contribution in [3.8, 4) is 17.2 Å². The Balaban J connectivity index is 2.12. The highest BCUT2D eigenvalue weighted by Gasteiger charge is 2.31. The summed E-state index contributed by atoms with van der Waals surface area (Å²) in [6.07, 6.45) is 0. The van der Waals surface area contributed by atoms with Crippen LogP contribution in [0.3, 0.4) is 0 Å². The van der Waals surface area contributed by atoms with Crippen LogP contribution in [-0.4, -0.2) is 48.4 Å². The SMILES string of the molecule is COC(=O)CN(c1cc(C)ccc1OC)S(=O)(=O)c1ccc2c(c1)OCCO2. The van der Waals surface area contributed by atoms with Gasteiger partial charge in [-0.15, -0.1) is 0 Å². The van der Waals surface area contributed by atoms with Gasteiger partial charge in [0.25, 0.3) is 10.0 Å². The van der Waals surface area contributed by atoms with Crippen LogP contribution in [0.5, 0.6) is 17.2 Å². The molecule has 0 fully saturated rings. The molecule has 0 aromatic heterocycles. The van der Waals surface area contributed by atoms with E-state index in [0.29, 0.717) is 30.5 Å². The highest BCUT2D eigenvalue weighted by atomic mass is 32.2. The number of benzene rings is 2. The van der Waals surface area contributed by atoms with Crippen LogP contribution >= 0.6 is 0 Å². The quantitative estimate of drug-likeness (QED) is 0.678. The lowest BCUT2D eigenvalue weighted by Crippen LogP contribution is -2.36. The molecule has 0 atom stereocenters. The largest absolute Gasteiger partial charge is 0.495 e. The fourth-order valence-corrected chi connectivity index (χ4v) is 4.22. The summed E-state index contributed by atoms with van der Waals surface area (Å²) in [7, 11) is -1.49. The number of rotatable bonds is 6. The van der Waals surface area contributed by atoms with Gasteiger partial charge < -0.3 is 18.9 Å². The Morgan fingerprint density at radius 3 is 2.46 bits per heavy atom.